The molecule has 1 spiro atoms. The molecule has 1 saturated heterocycles. The van der Waals surface area contributed by atoms with E-state index in [0.717, 1.165) is 18.4 Å². The summed E-state index contributed by atoms with van der Waals surface area (Å²) in [5.74, 6) is -0.637. The molecule has 4 atom stereocenters. The number of rotatable bonds is 8. The van der Waals surface area contributed by atoms with Gasteiger partial charge in [-0.1, -0.05) is 51.8 Å². The number of benzene rings is 1. The molecule has 1 aromatic rings. The molecule has 1 aliphatic carbocycles. The van der Waals surface area contributed by atoms with Crippen LogP contribution in [-0.4, -0.2) is 71.4 Å². The van der Waals surface area contributed by atoms with Crippen molar-refractivity contribution in [3.63, 3.8) is 0 Å². The summed E-state index contributed by atoms with van der Waals surface area (Å²) >= 11 is 0. The van der Waals surface area contributed by atoms with Gasteiger partial charge < -0.3 is 25.2 Å². The van der Waals surface area contributed by atoms with E-state index in [1.165, 1.54) is 9.80 Å². The summed E-state index contributed by atoms with van der Waals surface area (Å²) in [4.78, 5) is 56.7. The van der Waals surface area contributed by atoms with E-state index in [-0.39, 0.29) is 42.2 Å². The van der Waals surface area contributed by atoms with Gasteiger partial charge >= 0.3 is 6.09 Å². The molecule has 0 bridgehead atoms. The number of fused-ring (bicyclic) bond motifs is 2. The highest BCUT2D eigenvalue weighted by Crippen LogP contribution is 2.46. The number of nitrogens with zero attached hydrogens (tertiary/aromatic N) is 3. The Morgan fingerprint density at radius 2 is 1.93 bits per heavy atom. The number of likely N-dealkylation sites (tertiary alicyclic amines) is 1. The van der Waals surface area contributed by atoms with Crippen molar-refractivity contribution in [1.82, 2.24) is 15.1 Å². The zero-order chi connectivity index (χ0) is 29.4. The lowest BCUT2D eigenvalue weighted by Gasteiger charge is -2.37. The Labute approximate surface area is 236 Å². The van der Waals surface area contributed by atoms with Gasteiger partial charge in [-0.3, -0.25) is 14.4 Å². The van der Waals surface area contributed by atoms with E-state index in [4.69, 9.17) is 4.74 Å². The highest BCUT2D eigenvalue weighted by molar-refractivity contribution is 6.07. The molecule has 10 nitrogen and oxygen atoms in total. The molecule has 0 unspecified atom stereocenters. The highest BCUT2D eigenvalue weighted by atomic mass is 16.6. The van der Waals surface area contributed by atoms with Crippen molar-refractivity contribution in [1.29, 1.82) is 5.26 Å². The first-order chi connectivity index (χ1) is 18.8. The monoisotopic (exact) mass is 551 g/mol. The van der Waals surface area contributed by atoms with Crippen LogP contribution in [0, 0.1) is 22.7 Å². The molecule has 2 N–H and O–H groups in total. The SMILES string of the molecule is CC(C)OC(=O)N[C@@H](CC1CC1)C(=O)N(C)[C@@H](CC(C)(C)C)C(=O)N1C[C@]2(C[C@H]1C#N)C(=O)Nc1ccccc12. The Morgan fingerprint density at radius 1 is 1.25 bits per heavy atom. The lowest BCUT2D eigenvalue weighted by molar-refractivity contribution is -0.147. The molecule has 3 aliphatic rings. The fourth-order valence-corrected chi connectivity index (χ4v) is 5.85. The van der Waals surface area contributed by atoms with Crippen LogP contribution in [0.2, 0.25) is 0 Å². The average molecular weight is 552 g/mol. The number of alkyl carbamates (subject to hydrolysis) is 1. The maximum Gasteiger partial charge on any atom is 0.408 e. The van der Waals surface area contributed by atoms with E-state index < -0.39 is 29.6 Å². The normalized spacial score (nSPS) is 23.3. The van der Waals surface area contributed by atoms with E-state index in [9.17, 15) is 24.4 Å². The molecular formula is C30H41N5O5. The summed E-state index contributed by atoms with van der Waals surface area (Å²) in [6, 6.07) is 7.06. The first kappa shape index (κ1) is 29.4. The fourth-order valence-electron chi connectivity index (χ4n) is 5.85. The molecule has 2 fully saturated rings. The van der Waals surface area contributed by atoms with Crippen molar-refractivity contribution in [3.8, 4) is 6.07 Å². The first-order valence-corrected chi connectivity index (χ1v) is 14.1. The van der Waals surface area contributed by atoms with E-state index in [0.29, 0.717) is 24.4 Å². The Bertz CT molecular complexity index is 1210. The maximum atomic E-state index is 14.3. The number of ether oxygens (including phenoxy) is 1. The van der Waals surface area contributed by atoms with Crippen LogP contribution in [0.4, 0.5) is 10.5 Å². The Hall–Kier alpha value is -3.61. The number of carbonyl (C=O) groups excluding carboxylic acids is 4. The molecule has 4 amide bonds. The maximum absolute atomic E-state index is 14.3. The second-order valence-electron chi connectivity index (χ2n) is 13.0. The summed E-state index contributed by atoms with van der Waals surface area (Å²) in [6.45, 7) is 9.48. The third-order valence-corrected chi connectivity index (χ3v) is 8.02. The molecule has 0 aromatic heterocycles. The smallest absolute Gasteiger partial charge is 0.408 e. The van der Waals surface area contributed by atoms with Crippen molar-refractivity contribution in [2.45, 2.75) is 96.4 Å². The predicted molar refractivity (Wildman–Crippen MR) is 149 cm³/mol. The molecule has 1 saturated carbocycles. The number of hydrogen-bond acceptors (Lipinski definition) is 6. The topological polar surface area (TPSA) is 132 Å². The van der Waals surface area contributed by atoms with E-state index in [1.807, 2.05) is 45.0 Å². The summed E-state index contributed by atoms with van der Waals surface area (Å²) < 4.78 is 5.23. The van der Waals surface area contributed by atoms with Crippen molar-refractivity contribution < 1.29 is 23.9 Å². The molecule has 4 rings (SSSR count). The highest BCUT2D eigenvalue weighted by Gasteiger charge is 2.57. The van der Waals surface area contributed by atoms with Crippen molar-refractivity contribution in [2.75, 3.05) is 18.9 Å². The minimum absolute atomic E-state index is 0.0556. The number of anilines is 1. The van der Waals surface area contributed by atoms with Crippen LogP contribution in [0.5, 0.6) is 0 Å². The number of amides is 4. The zero-order valence-electron chi connectivity index (χ0n) is 24.3. The van der Waals surface area contributed by atoms with Crippen molar-refractivity contribution in [3.05, 3.63) is 29.8 Å². The number of nitriles is 1. The summed E-state index contributed by atoms with van der Waals surface area (Å²) in [6.07, 6.45) is 1.96. The van der Waals surface area contributed by atoms with Gasteiger partial charge in [0.25, 0.3) is 0 Å². The standard InChI is InChI=1S/C30H41N5O5/c1-18(2)40-28(39)33-23(13-19-11-12-19)25(36)34(6)24(15-29(3,4)5)26(37)35-17-30(14-20(35)16-31)21-9-7-8-10-22(21)32-27(30)38/h7-10,18-20,23-24H,11-15,17H2,1-6H3,(H,32,38)(H,33,39)/t20-,23-,24-,30-/m0/s1. The minimum atomic E-state index is -1.02. The van der Waals surface area contributed by atoms with Crippen LogP contribution >= 0.6 is 0 Å². The number of carbonyl (C=O) groups is 4. The molecular weight excluding hydrogens is 510 g/mol. The minimum Gasteiger partial charge on any atom is -0.447 e. The quantitative estimate of drug-likeness (QED) is 0.508. The van der Waals surface area contributed by atoms with Crippen LogP contribution in [0.1, 0.15) is 72.3 Å². The van der Waals surface area contributed by atoms with Crippen LogP contribution in [0.3, 0.4) is 0 Å². The summed E-state index contributed by atoms with van der Waals surface area (Å²) in [5.41, 5.74) is 0.129. The second kappa shape index (κ2) is 11.1. The molecule has 40 heavy (non-hydrogen) atoms. The zero-order valence-corrected chi connectivity index (χ0v) is 24.3. The van der Waals surface area contributed by atoms with Crippen LogP contribution in [-0.2, 0) is 24.5 Å². The van der Waals surface area contributed by atoms with E-state index in [1.54, 1.807) is 20.9 Å². The van der Waals surface area contributed by atoms with Crippen LogP contribution < -0.4 is 10.6 Å². The molecule has 216 valence electrons. The van der Waals surface area contributed by atoms with Gasteiger partial charge in [0.05, 0.1) is 17.6 Å². The molecule has 2 aliphatic heterocycles. The van der Waals surface area contributed by atoms with Gasteiger partial charge in [-0.2, -0.15) is 5.26 Å². The fraction of sp³-hybridized carbons (Fsp3) is 0.633. The molecule has 0 radical (unpaired) electrons. The van der Waals surface area contributed by atoms with E-state index in [2.05, 4.69) is 16.7 Å². The van der Waals surface area contributed by atoms with E-state index >= 15 is 0 Å². The van der Waals surface area contributed by atoms with Crippen molar-refractivity contribution >= 4 is 29.5 Å². The van der Waals surface area contributed by atoms with Gasteiger partial charge in [0, 0.05) is 25.7 Å². The molecule has 1 aromatic carbocycles. The Kier molecular flexibility index (Phi) is 8.16. The van der Waals surface area contributed by atoms with Crippen molar-refractivity contribution in [2.24, 2.45) is 11.3 Å². The number of hydrogen-bond donors (Lipinski definition) is 2. The van der Waals surface area contributed by atoms with Crippen LogP contribution in [0.25, 0.3) is 0 Å². The summed E-state index contributed by atoms with van der Waals surface area (Å²) in [5, 5.41) is 15.7. The lowest BCUT2D eigenvalue weighted by Crippen LogP contribution is -2.57. The van der Waals surface area contributed by atoms with Crippen LogP contribution in [0.15, 0.2) is 24.3 Å². The van der Waals surface area contributed by atoms with Gasteiger partial charge in [-0.15, -0.1) is 0 Å². The molecule has 2 heterocycles. The largest absolute Gasteiger partial charge is 0.447 e. The number of likely N-dealkylation sites (N-methyl/N-ethyl adjacent to an activating group) is 1. The predicted octanol–water partition coefficient (Wildman–Crippen LogP) is 3.57. The molecule has 10 heteroatoms. The third kappa shape index (κ3) is 6.08. The van der Waals surface area contributed by atoms with Gasteiger partial charge in [0.15, 0.2) is 0 Å². The van der Waals surface area contributed by atoms with Gasteiger partial charge in [0.2, 0.25) is 17.7 Å². The first-order valence-electron chi connectivity index (χ1n) is 14.1. The third-order valence-electron chi connectivity index (χ3n) is 8.02. The Balaban J connectivity index is 1.61. The lowest BCUT2D eigenvalue weighted by atomic mass is 9.80. The van der Waals surface area contributed by atoms with Gasteiger partial charge in [-0.25, -0.2) is 4.79 Å². The van der Waals surface area contributed by atoms with Gasteiger partial charge in [-0.05, 0) is 49.7 Å². The second-order valence-corrected chi connectivity index (χ2v) is 13.0. The average Bonchev–Trinajstić information content (AvgIpc) is 3.54. The van der Waals surface area contributed by atoms with Gasteiger partial charge in [0.1, 0.15) is 18.1 Å². The number of para-hydroxylation sites is 1. The number of nitrogens with one attached hydrogen (secondary N) is 2. The summed E-state index contributed by atoms with van der Waals surface area (Å²) in [7, 11) is 1.58. The Morgan fingerprint density at radius 3 is 2.52 bits per heavy atom.